The molecule has 142 valence electrons. The van der Waals surface area contributed by atoms with E-state index in [0.717, 1.165) is 0 Å². The maximum atomic E-state index is 12.3. The molecule has 0 spiro atoms. The number of benzene rings is 1. The number of hydrogen-bond acceptors (Lipinski definition) is 5. The van der Waals surface area contributed by atoms with Gasteiger partial charge in [-0.25, -0.2) is 4.79 Å². The van der Waals surface area contributed by atoms with Crippen LogP contribution in [0, 0.1) is 10.8 Å². The summed E-state index contributed by atoms with van der Waals surface area (Å²) in [5.74, 6) is -0.476. The molecular weight excluding hydrogens is 320 g/mol. The van der Waals surface area contributed by atoms with E-state index in [2.05, 4.69) is 41.5 Å². The summed E-state index contributed by atoms with van der Waals surface area (Å²) in [4.78, 5) is 12.3. The summed E-state index contributed by atoms with van der Waals surface area (Å²) < 4.78 is 22.5. The van der Waals surface area contributed by atoms with E-state index in [1.165, 1.54) is 7.11 Å². The normalized spacial score (nSPS) is 13.8. The molecule has 0 N–H and O–H groups in total. The van der Waals surface area contributed by atoms with Gasteiger partial charge in [-0.15, -0.1) is 0 Å². The van der Waals surface area contributed by atoms with Gasteiger partial charge in [-0.05, 0) is 23.0 Å². The fourth-order valence-corrected chi connectivity index (χ4v) is 1.83. The summed E-state index contributed by atoms with van der Waals surface area (Å²) in [6.45, 7) is 13.3. The fourth-order valence-electron chi connectivity index (χ4n) is 1.83. The second kappa shape index (κ2) is 9.32. The molecule has 1 aromatic rings. The predicted molar refractivity (Wildman–Crippen MR) is 97.3 cm³/mol. The number of methoxy groups -OCH3 is 1. The van der Waals surface area contributed by atoms with Crippen LogP contribution in [0.2, 0.25) is 0 Å². The highest BCUT2D eigenvalue weighted by Gasteiger charge is 2.30. The van der Waals surface area contributed by atoms with Crippen molar-refractivity contribution in [3.8, 4) is 0 Å². The second-order valence-electron chi connectivity index (χ2n) is 8.49. The van der Waals surface area contributed by atoms with E-state index in [-0.39, 0.29) is 10.8 Å². The number of carbonyl (C=O) groups is 1. The minimum atomic E-state index is -0.947. The molecule has 5 heteroatoms. The standard InChI is InChI=1S/C20H32O5/c1-19(2,3)13-23-18(24-14-20(4,5)6)17(22-7)25-16(21)15-11-9-8-10-12-15/h8-12,17-18H,13-14H2,1-7H3. The molecule has 0 saturated carbocycles. The van der Waals surface area contributed by atoms with Crippen LogP contribution in [0.15, 0.2) is 30.3 Å². The van der Waals surface area contributed by atoms with E-state index in [9.17, 15) is 4.79 Å². The van der Waals surface area contributed by atoms with Crippen LogP contribution < -0.4 is 0 Å². The Morgan fingerprint density at radius 3 is 1.76 bits per heavy atom. The maximum absolute atomic E-state index is 12.3. The highest BCUT2D eigenvalue weighted by molar-refractivity contribution is 5.89. The topological polar surface area (TPSA) is 54.0 Å². The van der Waals surface area contributed by atoms with E-state index in [1.807, 2.05) is 6.07 Å². The van der Waals surface area contributed by atoms with Crippen LogP contribution in [0.25, 0.3) is 0 Å². The molecule has 0 aliphatic carbocycles. The lowest BCUT2D eigenvalue weighted by Gasteiger charge is -2.31. The summed E-state index contributed by atoms with van der Waals surface area (Å²) in [6, 6.07) is 8.78. The number of esters is 1. The van der Waals surface area contributed by atoms with E-state index >= 15 is 0 Å². The second-order valence-corrected chi connectivity index (χ2v) is 8.49. The smallest absolute Gasteiger partial charge is 0.340 e. The molecule has 0 radical (unpaired) electrons. The van der Waals surface area contributed by atoms with Gasteiger partial charge in [0.25, 0.3) is 6.29 Å². The minimum Gasteiger partial charge on any atom is -0.426 e. The Bertz CT molecular complexity index is 495. The monoisotopic (exact) mass is 352 g/mol. The van der Waals surface area contributed by atoms with Crippen molar-refractivity contribution >= 4 is 5.97 Å². The summed E-state index contributed by atoms with van der Waals surface area (Å²) in [5, 5.41) is 0. The molecule has 0 aliphatic heterocycles. The Labute approximate surface area is 151 Å². The largest absolute Gasteiger partial charge is 0.426 e. The lowest BCUT2D eigenvalue weighted by molar-refractivity contribution is -0.273. The number of rotatable bonds is 8. The molecule has 0 aromatic heterocycles. The number of carbonyl (C=O) groups excluding carboxylic acids is 1. The third-order valence-electron chi connectivity index (χ3n) is 3.05. The SMILES string of the molecule is COC(OC(=O)c1ccccc1)C(OCC(C)(C)C)OCC(C)(C)C. The first kappa shape index (κ1) is 21.6. The van der Waals surface area contributed by atoms with Crippen molar-refractivity contribution in [3.63, 3.8) is 0 Å². The lowest BCUT2D eigenvalue weighted by atomic mass is 9.98. The molecule has 1 atom stereocenters. The Hall–Kier alpha value is -1.43. The molecule has 0 aliphatic rings. The van der Waals surface area contributed by atoms with Crippen LogP contribution >= 0.6 is 0 Å². The Morgan fingerprint density at radius 1 is 0.880 bits per heavy atom. The molecule has 25 heavy (non-hydrogen) atoms. The molecule has 0 amide bonds. The Balaban J connectivity index is 2.81. The van der Waals surface area contributed by atoms with Crippen LogP contribution in [0.4, 0.5) is 0 Å². The Kier molecular flexibility index (Phi) is 8.06. The van der Waals surface area contributed by atoms with Crippen molar-refractivity contribution in [2.75, 3.05) is 20.3 Å². The van der Waals surface area contributed by atoms with Gasteiger partial charge in [0, 0.05) is 7.11 Å². The van der Waals surface area contributed by atoms with Crippen LogP contribution in [-0.2, 0) is 18.9 Å². The van der Waals surface area contributed by atoms with Crippen molar-refractivity contribution in [3.05, 3.63) is 35.9 Å². The molecule has 0 saturated heterocycles. The van der Waals surface area contributed by atoms with Gasteiger partial charge in [-0.3, -0.25) is 0 Å². The van der Waals surface area contributed by atoms with Crippen molar-refractivity contribution in [2.24, 2.45) is 10.8 Å². The average molecular weight is 352 g/mol. The first-order chi connectivity index (χ1) is 11.5. The summed E-state index contributed by atoms with van der Waals surface area (Å²) in [5.41, 5.74) is 0.353. The first-order valence-corrected chi connectivity index (χ1v) is 8.54. The highest BCUT2D eigenvalue weighted by atomic mass is 16.8. The van der Waals surface area contributed by atoms with Crippen molar-refractivity contribution < 1.29 is 23.7 Å². The summed E-state index contributed by atoms with van der Waals surface area (Å²) in [7, 11) is 1.47. The van der Waals surface area contributed by atoms with Gasteiger partial charge in [0.15, 0.2) is 0 Å². The fraction of sp³-hybridized carbons (Fsp3) is 0.650. The van der Waals surface area contributed by atoms with Crippen molar-refractivity contribution in [2.45, 2.75) is 54.1 Å². The third-order valence-corrected chi connectivity index (χ3v) is 3.05. The molecule has 1 aromatic carbocycles. The predicted octanol–water partition coefficient (Wildman–Crippen LogP) is 4.27. The quantitative estimate of drug-likeness (QED) is 0.517. The molecule has 0 fully saturated rings. The molecule has 0 bridgehead atoms. The van der Waals surface area contributed by atoms with Crippen molar-refractivity contribution in [1.29, 1.82) is 0 Å². The van der Waals surface area contributed by atoms with E-state index in [4.69, 9.17) is 18.9 Å². The minimum absolute atomic E-state index is 0.0505. The molecule has 5 nitrogen and oxygen atoms in total. The van der Waals surface area contributed by atoms with E-state index in [1.54, 1.807) is 24.3 Å². The van der Waals surface area contributed by atoms with Crippen molar-refractivity contribution in [1.82, 2.24) is 0 Å². The maximum Gasteiger partial charge on any atom is 0.340 e. The summed E-state index contributed by atoms with van der Waals surface area (Å²) >= 11 is 0. The van der Waals surface area contributed by atoms with Gasteiger partial charge in [0.05, 0.1) is 18.8 Å². The zero-order valence-electron chi connectivity index (χ0n) is 16.5. The lowest BCUT2D eigenvalue weighted by Crippen LogP contribution is -2.40. The highest BCUT2D eigenvalue weighted by Crippen LogP contribution is 2.21. The van der Waals surface area contributed by atoms with Gasteiger partial charge in [0.1, 0.15) is 0 Å². The molecular formula is C20H32O5. The first-order valence-electron chi connectivity index (χ1n) is 8.54. The number of hydrogen-bond donors (Lipinski definition) is 0. The van der Waals surface area contributed by atoms with E-state index < -0.39 is 18.5 Å². The third kappa shape index (κ3) is 9.00. The zero-order chi connectivity index (χ0) is 19.1. The van der Waals surface area contributed by atoms with Gasteiger partial charge in [-0.1, -0.05) is 59.7 Å². The molecule has 1 unspecified atom stereocenters. The van der Waals surface area contributed by atoms with Gasteiger partial charge in [-0.2, -0.15) is 0 Å². The van der Waals surface area contributed by atoms with Gasteiger partial charge < -0.3 is 18.9 Å². The Morgan fingerprint density at radius 2 is 1.36 bits per heavy atom. The van der Waals surface area contributed by atoms with Crippen LogP contribution in [0.5, 0.6) is 0 Å². The molecule has 0 heterocycles. The van der Waals surface area contributed by atoms with Crippen LogP contribution in [0.1, 0.15) is 51.9 Å². The van der Waals surface area contributed by atoms with Crippen LogP contribution in [-0.4, -0.2) is 38.9 Å². The zero-order valence-corrected chi connectivity index (χ0v) is 16.5. The summed E-state index contributed by atoms with van der Waals surface area (Å²) in [6.07, 6.45) is -1.74. The average Bonchev–Trinajstić information content (AvgIpc) is 2.52. The van der Waals surface area contributed by atoms with Crippen LogP contribution in [0.3, 0.4) is 0 Å². The van der Waals surface area contributed by atoms with Gasteiger partial charge >= 0.3 is 5.97 Å². The number of ether oxygens (including phenoxy) is 4. The van der Waals surface area contributed by atoms with E-state index in [0.29, 0.717) is 18.8 Å². The van der Waals surface area contributed by atoms with Gasteiger partial charge in [0.2, 0.25) is 6.29 Å². The molecule has 1 rings (SSSR count).